The largest absolute Gasteiger partial charge is 0.481 e. The fourth-order valence-electron chi connectivity index (χ4n) is 1.52. The second-order valence-corrected chi connectivity index (χ2v) is 4.26. The van der Waals surface area contributed by atoms with Gasteiger partial charge >= 0.3 is 5.97 Å². The zero-order valence-corrected chi connectivity index (χ0v) is 10.5. The minimum atomic E-state index is -0.888. The van der Waals surface area contributed by atoms with Gasteiger partial charge in [0.05, 0.1) is 10.6 Å². The van der Waals surface area contributed by atoms with Gasteiger partial charge in [0.15, 0.2) is 5.82 Å². The van der Waals surface area contributed by atoms with E-state index in [1.807, 2.05) is 0 Å². The molecule has 1 heterocycles. The van der Waals surface area contributed by atoms with Crippen molar-refractivity contribution in [2.75, 3.05) is 0 Å². The third-order valence-electron chi connectivity index (χ3n) is 2.43. The maximum atomic E-state index is 13.7. The Morgan fingerprint density at radius 3 is 2.95 bits per heavy atom. The summed E-state index contributed by atoms with van der Waals surface area (Å²) in [5.74, 6) is -1.20. The predicted molar refractivity (Wildman–Crippen MR) is 65.3 cm³/mol. The first-order valence-electron chi connectivity index (χ1n) is 5.56. The van der Waals surface area contributed by atoms with Crippen LogP contribution in [0.1, 0.15) is 18.7 Å². The van der Waals surface area contributed by atoms with Gasteiger partial charge in [-0.3, -0.25) is 4.79 Å². The SMILES string of the molecule is O=C(O)CCCc1nnc(-c2cccc(Cl)c2F)o1. The van der Waals surface area contributed by atoms with Gasteiger partial charge in [-0.1, -0.05) is 17.7 Å². The topological polar surface area (TPSA) is 76.2 Å². The fourth-order valence-corrected chi connectivity index (χ4v) is 1.70. The molecule has 0 bridgehead atoms. The molecule has 1 aromatic heterocycles. The van der Waals surface area contributed by atoms with Crippen molar-refractivity contribution in [3.63, 3.8) is 0 Å². The quantitative estimate of drug-likeness (QED) is 0.913. The third-order valence-corrected chi connectivity index (χ3v) is 2.72. The molecule has 0 aliphatic heterocycles. The number of hydrogen-bond acceptors (Lipinski definition) is 4. The molecule has 0 amide bonds. The first-order valence-corrected chi connectivity index (χ1v) is 5.94. The Morgan fingerprint density at radius 2 is 2.21 bits per heavy atom. The summed E-state index contributed by atoms with van der Waals surface area (Å²) in [6.07, 6.45) is 0.736. The molecule has 0 fully saturated rings. The van der Waals surface area contributed by atoms with Crippen molar-refractivity contribution >= 4 is 17.6 Å². The normalized spacial score (nSPS) is 10.6. The molecule has 2 rings (SSSR count). The van der Waals surface area contributed by atoms with Crippen LogP contribution in [0.15, 0.2) is 22.6 Å². The summed E-state index contributed by atoms with van der Waals surface area (Å²) in [4.78, 5) is 10.4. The molecule has 0 spiro atoms. The smallest absolute Gasteiger partial charge is 0.303 e. The molecule has 0 radical (unpaired) electrons. The lowest BCUT2D eigenvalue weighted by Gasteiger charge is -1.98. The van der Waals surface area contributed by atoms with Crippen molar-refractivity contribution in [3.8, 4) is 11.5 Å². The van der Waals surface area contributed by atoms with E-state index >= 15 is 0 Å². The molecule has 2 aromatic rings. The van der Waals surface area contributed by atoms with Gasteiger partial charge in [0, 0.05) is 12.8 Å². The van der Waals surface area contributed by atoms with Crippen LogP contribution in [-0.4, -0.2) is 21.3 Å². The number of aryl methyl sites for hydroxylation is 1. The van der Waals surface area contributed by atoms with Crippen molar-refractivity contribution in [1.29, 1.82) is 0 Å². The van der Waals surface area contributed by atoms with Crippen LogP contribution in [0.2, 0.25) is 5.02 Å². The summed E-state index contributed by atoms with van der Waals surface area (Å²) in [5.41, 5.74) is 0.129. The molecular weight excluding hydrogens is 275 g/mol. The Bertz CT molecular complexity index is 600. The highest BCUT2D eigenvalue weighted by Crippen LogP contribution is 2.26. The zero-order valence-electron chi connectivity index (χ0n) is 9.77. The molecule has 7 heteroatoms. The van der Waals surface area contributed by atoms with Gasteiger partial charge in [-0.15, -0.1) is 10.2 Å². The van der Waals surface area contributed by atoms with Crippen LogP contribution in [0, 0.1) is 5.82 Å². The highest BCUT2D eigenvalue weighted by Gasteiger charge is 2.15. The number of benzene rings is 1. The number of nitrogens with zero attached hydrogens (tertiary/aromatic N) is 2. The van der Waals surface area contributed by atoms with Crippen LogP contribution in [0.5, 0.6) is 0 Å². The van der Waals surface area contributed by atoms with E-state index in [-0.39, 0.29) is 28.8 Å². The summed E-state index contributed by atoms with van der Waals surface area (Å²) >= 11 is 5.66. The molecule has 1 aromatic carbocycles. The molecule has 5 nitrogen and oxygen atoms in total. The van der Waals surface area contributed by atoms with Gasteiger partial charge in [-0.25, -0.2) is 4.39 Å². The molecule has 0 aliphatic carbocycles. The summed E-state index contributed by atoms with van der Waals surface area (Å²) in [5, 5.41) is 16.0. The van der Waals surface area contributed by atoms with E-state index in [9.17, 15) is 9.18 Å². The summed E-state index contributed by atoms with van der Waals surface area (Å²) in [6.45, 7) is 0. The van der Waals surface area contributed by atoms with Crippen molar-refractivity contribution in [3.05, 3.63) is 34.9 Å². The Labute approximate surface area is 113 Å². The van der Waals surface area contributed by atoms with Crippen LogP contribution < -0.4 is 0 Å². The van der Waals surface area contributed by atoms with Crippen molar-refractivity contribution in [1.82, 2.24) is 10.2 Å². The minimum absolute atomic E-state index is 0.0171. The van der Waals surface area contributed by atoms with E-state index in [0.29, 0.717) is 12.8 Å². The first kappa shape index (κ1) is 13.5. The molecule has 0 saturated heterocycles. The number of halogens is 2. The highest BCUT2D eigenvalue weighted by atomic mass is 35.5. The zero-order chi connectivity index (χ0) is 13.8. The van der Waals surface area contributed by atoms with Gasteiger partial charge in [0.1, 0.15) is 0 Å². The average molecular weight is 285 g/mol. The number of carboxylic acids is 1. The number of aliphatic carboxylic acids is 1. The second-order valence-electron chi connectivity index (χ2n) is 3.85. The number of rotatable bonds is 5. The Kier molecular flexibility index (Phi) is 4.11. The molecule has 1 N–H and O–H groups in total. The highest BCUT2D eigenvalue weighted by molar-refractivity contribution is 6.31. The van der Waals surface area contributed by atoms with Crippen LogP contribution >= 0.6 is 11.6 Å². The van der Waals surface area contributed by atoms with E-state index in [1.54, 1.807) is 6.07 Å². The molecule has 0 aliphatic rings. The standard InChI is InChI=1S/C12H10ClFN2O3/c13-8-4-1-3-7(11(8)14)12-16-15-9(19-12)5-2-6-10(17)18/h1,3-4H,2,5-6H2,(H,17,18). The van der Waals surface area contributed by atoms with E-state index in [2.05, 4.69) is 10.2 Å². The Morgan fingerprint density at radius 1 is 1.42 bits per heavy atom. The Hall–Kier alpha value is -1.95. The van der Waals surface area contributed by atoms with Crippen LogP contribution in [-0.2, 0) is 11.2 Å². The summed E-state index contributed by atoms with van der Waals surface area (Å²) < 4.78 is 19.0. The van der Waals surface area contributed by atoms with Gasteiger partial charge < -0.3 is 9.52 Å². The van der Waals surface area contributed by atoms with Crippen molar-refractivity contribution in [2.24, 2.45) is 0 Å². The molecular formula is C12H10ClFN2O3. The van der Waals surface area contributed by atoms with E-state index in [4.69, 9.17) is 21.1 Å². The summed E-state index contributed by atoms with van der Waals surface area (Å²) in [6, 6.07) is 4.48. The number of hydrogen-bond donors (Lipinski definition) is 1. The third kappa shape index (κ3) is 3.29. The maximum Gasteiger partial charge on any atom is 0.303 e. The van der Waals surface area contributed by atoms with Gasteiger partial charge in [0.25, 0.3) is 5.89 Å². The molecule has 19 heavy (non-hydrogen) atoms. The number of carboxylic acid groups (broad SMARTS) is 1. The van der Waals surface area contributed by atoms with Crippen molar-refractivity contribution < 1.29 is 18.7 Å². The van der Waals surface area contributed by atoms with E-state index < -0.39 is 11.8 Å². The summed E-state index contributed by atoms with van der Waals surface area (Å²) in [7, 11) is 0. The molecule has 0 unspecified atom stereocenters. The lowest BCUT2D eigenvalue weighted by atomic mass is 10.2. The average Bonchev–Trinajstić information content (AvgIpc) is 2.81. The maximum absolute atomic E-state index is 13.7. The van der Waals surface area contributed by atoms with Crippen molar-refractivity contribution in [2.45, 2.75) is 19.3 Å². The molecule has 0 atom stereocenters. The van der Waals surface area contributed by atoms with Gasteiger partial charge in [-0.2, -0.15) is 0 Å². The lowest BCUT2D eigenvalue weighted by Crippen LogP contribution is -1.95. The monoisotopic (exact) mass is 284 g/mol. The van der Waals surface area contributed by atoms with Crippen LogP contribution in [0.3, 0.4) is 0 Å². The van der Waals surface area contributed by atoms with Crippen LogP contribution in [0.25, 0.3) is 11.5 Å². The molecule has 100 valence electrons. The van der Waals surface area contributed by atoms with Gasteiger partial charge in [-0.05, 0) is 18.6 Å². The molecule has 0 saturated carbocycles. The second kappa shape index (κ2) is 5.79. The number of aromatic nitrogens is 2. The van der Waals surface area contributed by atoms with Gasteiger partial charge in [0.2, 0.25) is 5.89 Å². The first-order chi connectivity index (χ1) is 9.08. The number of carbonyl (C=O) groups is 1. The van der Waals surface area contributed by atoms with E-state index in [1.165, 1.54) is 12.1 Å². The lowest BCUT2D eigenvalue weighted by molar-refractivity contribution is -0.137. The van der Waals surface area contributed by atoms with E-state index in [0.717, 1.165) is 0 Å². The Balaban J connectivity index is 2.12. The minimum Gasteiger partial charge on any atom is -0.481 e. The predicted octanol–water partition coefficient (Wildman–Crippen LogP) is 2.94. The fraction of sp³-hybridized carbons (Fsp3) is 0.250. The van der Waals surface area contributed by atoms with Crippen LogP contribution in [0.4, 0.5) is 4.39 Å².